The van der Waals surface area contributed by atoms with Crippen LogP contribution in [0.15, 0.2) is 30.3 Å². The molecule has 0 N–H and O–H groups in total. The molecular formula is C14H19NO4S2. The summed E-state index contributed by atoms with van der Waals surface area (Å²) in [5.74, 6) is -0.307. The van der Waals surface area contributed by atoms with E-state index >= 15 is 0 Å². The average molecular weight is 329 g/mol. The Bertz CT molecular complexity index is 680. The zero-order chi connectivity index (χ0) is 16.1. The van der Waals surface area contributed by atoms with Gasteiger partial charge in [0, 0.05) is 12.5 Å². The van der Waals surface area contributed by atoms with Crippen molar-refractivity contribution in [2.75, 3.05) is 24.0 Å². The third kappa shape index (κ3) is 5.86. The third-order valence-corrected chi connectivity index (χ3v) is 5.23. The Kier molecular flexibility index (Phi) is 5.54. The van der Waals surface area contributed by atoms with Gasteiger partial charge >= 0.3 is 0 Å². The standard InChI is InChI=1S/C14H19NO4S2/c1-20(16,17)10-8-14(12-15,9-11-21(2,18)19)13-6-4-3-5-7-13/h3-7H,8-11H2,1-2H3. The highest BCUT2D eigenvalue weighted by molar-refractivity contribution is 7.90. The molecule has 0 heterocycles. The molecule has 1 rings (SSSR count). The van der Waals surface area contributed by atoms with Gasteiger partial charge in [-0.05, 0) is 18.4 Å². The maximum absolute atomic E-state index is 11.4. The summed E-state index contributed by atoms with van der Waals surface area (Å²) in [5, 5.41) is 9.58. The SMILES string of the molecule is CS(=O)(=O)CCC(C#N)(CCS(C)(=O)=O)c1ccccc1. The van der Waals surface area contributed by atoms with E-state index in [9.17, 15) is 22.1 Å². The topological polar surface area (TPSA) is 92.1 Å². The lowest BCUT2D eigenvalue weighted by Gasteiger charge is -2.26. The molecule has 0 aliphatic carbocycles. The van der Waals surface area contributed by atoms with Gasteiger partial charge in [-0.1, -0.05) is 30.3 Å². The second-order valence-electron chi connectivity index (χ2n) is 5.32. The summed E-state index contributed by atoms with van der Waals surface area (Å²) < 4.78 is 45.6. The first-order valence-electron chi connectivity index (χ1n) is 6.40. The van der Waals surface area contributed by atoms with Crippen LogP contribution in [-0.4, -0.2) is 40.9 Å². The van der Waals surface area contributed by atoms with E-state index in [0.717, 1.165) is 12.5 Å². The summed E-state index contributed by atoms with van der Waals surface area (Å²) in [5.41, 5.74) is -0.451. The number of nitrogens with zero attached hydrogens (tertiary/aromatic N) is 1. The number of benzene rings is 1. The van der Waals surface area contributed by atoms with Crippen LogP contribution in [-0.2, 0) is 25.1 Å². The van der Waals surface area contributed by atoms with Crippen molar-refractivity contribution in [3.05, 3.63) is 35.9 Å². The zero-order valence-corrected chi connectivity index (χ0v) is 13.7. The van der Waals surface area contributed by atoms with E-state index in [2.05, 4.69) is 6.07 Å². The largest absolute Gasteiger partial charge is 0.229 e. The summed E-state index contributed by atoms with van der Waals surface area (Å²) in [4.78, 5) is 0. The van der Waals surface area contributed by atoms with E-state index in [0.29, 0.717) is 5.56 Å². The van der Waals surface area contributed by atoms with Gasteiger partial charge in [0.25, 0.3) is 0 Å². The molecule has 0 atom stereocenters. The van der Waals surface area contributed by atoms with Gasteiger partial charge in [-0.25, -0.2) is 16.8 Å². The molecule has 0 bridgehead atoms. The Morgan fingerprint density at radius 1 is 0.952 bits per heavy atom. The highest BCUT2D eigenvalue weighted by Gasteiger charge is 2.34. The van der Waals surface area contributed by atoms with Crippen LogP contribution < -0.4 is 0 Å². The Balaban J connectivity index is 3.16. The van der Waals surface area contributed by atoms with Crippen LogP contribution >= 0.6 is 0 Å². The summed E-state index contributed by atoms with van der Waals surface area (Å²) >= 11 is 0. The molecule has 5 nitrogen and oxygen atoms in total. The van der Waals surface area contributed by atoms with Crippen LogP contribution in [0.3, 0.4) is 0 Å². The van der Waals surface area contributed by atoms with Crippen LogP contribution in [0.1, 0.15) is 18.4 Å². The fourth-order valence-electron chi connectivity index (χ4n) is 2.07. The molecule has 0 radical (unpaired) electrons. The average Bonchev–Trinajstić information content (AvgIpc) is 2.38. The van der Waals surface area contributed by atoms with Gasteiger partial charge in [0.2, 0.25) is 0 Å². The molecule has 0 amide bonds. The molecule has 0 saturated carbocycles. The van der Waals surface area contributed by atoms with Crippen LogP contribution in [0.2, 0.25) is 0 Å². The van der Waals surface area contributed by atoms with Crippen molar-refractivity contribution in [2.45, 2.75) is 18.3 Å². The van der Waals surface area contributed by atoms with E-state index in [-0.39, 0.29) is 24.3 Å². The first kappa shape index (κ1) is 17.7. The Labute approximate surface area is 126 Å². The van der Waals surface area contributed by atoms with Gasteiger partial charge in [-0.15, -0.1) is 0 Å². The normalized spacial score (nSPS) is 12.8. The van der Waals surface area contributed by atoms with Crippen LogP contribution in [0.5, 0.6) is 0 Å². The van der Waals surface area contributed by atoms with Gasteiger partial charge < -0.3 is 0 Å². The number of sulfone groups is 2. The van der Waals surface area contributed by atoms with Crippen molar-refractivity contribution in [3.63, 3.8) is 0 Å². The van der Waals surface area contributed by atoms with E-state index in [1.807, 2.05) is 0 Å². The number of nitriles is 1. The summed E-state index contributed by atoms with van der Waals surface area (Å²) in [6.45, 7) is 0. The predicted octanol–water partition coefficient (Wildman–Crippen LogP) is 1.32. The molecular weight excluding hydrogens is 310 g/mol. The predicted molar refractivity (Wildman–Crippen MR) is 82.4 cm³/mol. The molecule has 7 heteroatoms. The van der Waals surface area contributed by atoms with Gasteiger partial charge in [-0.2, -0.15) is 5.26 Å². The minimum absolute atomic E-state index is 0.0852. The molecule has 21 heavy (non-hydrogen) atoms. The van der Waals surface area contributed by atoms with E-state index in [1.54, 1.807) is 30.3 Å². The highest BCUT2D eigenvalue weighted by atomic mass is 32.2. The molecule has 0 aliphatic rings. The highest BCUT2D eigenvalue weighted by Crippen LogP contribution is 2.32. The lowest BCUT2D eigenvalue weighted by Crippen LogP contribution is -2.30. The fraction of sp³-hybridized carbons (Fsp3) is 0.500. The second kappa shape index (κ2) is 6.58. The first-order chi connectivity index (χ1) is 9.58. The third-order valence-electron chi connectivity index (χ3n) is 3.34. The van der Waals surface area contributed by atoms with Gasteiger partial charge in [-0.3, -0.25) is 0 Å². The summed E-state index contributed by atoms with van der Waals surface area (Å²) in [6, 6.07) is 10.9. The number of hydrogen-bond donors (Lipinski definition) is 0. The van der Waals surface area contributed by atoms with E-state index in [4.69, 9.17) is 0 Å². The maximum atomic E-state index is 11.4. The Morgan fingerprint density at radius 2 is 1.38 bits per heavy atom. The van der Waals surface area contributed by atoms with Crippen molar-refractivity contribution in [1.82, 2.24) is 0 Å². The number of hydrogen-bond acceptors (Lipinski definition) is 5. The fourth-order valence-corrected chi connectivity index (χ4v) is 3.50. The van der Waals surface area contributed by atoms with E-state index < -0.39 is 25.1 Å². The smallest absolute Gasteiger partial charge is 0.147 e. The lowest BCUT2D eigenvalue weighted by molar-refractivity contribution is 0.501. The molecule has 0 fully saturated rings. The van der Waals surface area contributed by atoms with E-state index in [1.165, 1.54) is 0 Å². The van der Waals surface area contributed by atoms with Crippen molar-refractivity contribution >= 4 is 19.7 Å². The van der Waals surface area contributed by atoms with Gasteiger partial charge in [0.05, 0.1) is 23.0 Å². The molecule has 1 aromatic carbocycles. The van der Waals surface area contributed by atoms with Gasteiger partial charge in [0.15, 0.2) is 0 Å². The molecule has 1 aromatic rings. The molecule has 0 aliphatic heterocycles. The van der Waals surface area contributed by atoms with Crippen LogP contribution in [0.4, 0.5) is 0 Å². The minimum Gasteiger partial charge on any atom is -0.229 e. The van der Waals surface area contributed by atoms with Crippen molar-refractivity contribution < 1.29 is 16.8 Å². The van der Waals surface area contributed by atoms with Crippen molar-refractivity contribution in [2.24, 2.45) is 0 Å². The van der Waals surface area contributed by atoms with Crippen molar-refractivity contribution in [1.29, 1.82) is 5.26 Å². The second-order valence-corrected chi connectivity index (χ2v) is 9.84. The van der Waals surface area contributed by atoms with Crippen LogP contribution in [0.25, 0.3) is 0 Å². The molecule has 0 spiro atoms. The monoisotopic (exact) mass is 329 g/mol. The first-order valence-corrected chi connectivity index (χ1v) is 10.5. The van der Waals surface area contributed by atoms with Gasteiger partial charge in [0.1, 0.15) is 19.7 Å². The minimum atomic E-state index is -3.23. The molecule has 0 saturated heterocycles. The number of rotatable bonds is 7. The maximum Gasteiger partial charge on any atom is 0.147 e. The lowest BCUT2D eigenvalue weighted by atomic mass is 9.77. The Morgan fingerprint density at radius 3 is 1.71 bits per heavy atom. The van der Waals surface area contributed by atoms with Crippen LogP contribution in [0, 0.1) is 11.3 Å². The molecule has 116 valence electrons. The quantitative estimate of drug-likeness (QED) is 0.752. The summed E-state index contributed by atoms with van der Waals surface area (Å²) in [7, 11) is -6.46. The molecule has 0 unspecified atom stereocenters. The molecule has 0 aromatic heterocycles. The van der Waals surface area contributed by atoms with Crippen molar-refractivity contribution in [3.8, 4) is 6.07 Å². The zero-order valence-electron chi connectivity index (χ0n) is 12.1. The summed E-state index contributed by atoms with van der Waals surface area (Å²) in [6.07, 6.45) is 2.39. The Hall–Kier alpha value is -1.39.